The van der Waals surface area contributed by atoms with Gasteiger partial charge in [0.25, 0.3) is 0 Å². The maximum absolute atomic E-state index is 9.25. The van der Waals surface area contributed by atoms with Crippen molar-refractivity contribution in [3.05, 3.63) is 24.3 Å². The lowest BCUT2D eigenvalue weighted by molar-refractivity contribution is 0.208. The van der Waals surface area contributed by atoms with Gasteiger partial charge in [0.2, 0.25) is 0 Å². The zero-order valence-corrected chi connectivity index (χ0v) is 9.50. The van der Waals surface area contributed by atoms with Crippen LogP contribution in [0.25, 0.3) is 0 Å². The predicted octanol–water partition coefficient (Wildman–Crippen LogP) is 1.43. The maximum atomic E-state index is 9.25. The van der Waals surface area contributed by atoms with Crippen molar-refractivity contribution < 1.29 is 0 Å². The summed E-state index contributed by atoms with van der Waals surface area (Å²) in [5.74, 6) is 0.943. The number of hydrogen-bond donors (Lipinski definition) is 0. The van der Waals surface area contributed by atoms with Crippen LogP contribution in [0.4, 0.5) is 0 Å². The van der Waals surface area contributed by atoms with Crippen molar-refractivity contribution in [3.63, 3.8) is 0 Å². The second kappa shape index (κ2) is 5.04. The van der Waals surface area contributed by atoms with E-state index in [2.05, 4.69) is 28.0 Å². The van der Waals surface area contributed by atoms with E-state index >= 15 is 0 Å². The number of likely N-dealkylation sites (tertiary alicyclic amines) is 1. The Kier molecular flexibility index (Phi) is 3.47. The minimum absolute atomic E-state index is 0.144. The first-order chi connectivity index (χ1) is 7.81. The molecule has 1 aliphatic heterocycles. The average Bonchev–Trinajstić information content (AvgIpc) is 2.34. The van der Waals surface area contributed by atoms with E-state index in [-0.39, 0.29) is 5.92 Å². The summed E-state index contributed by atoms with van der Waals surface area (Å²) in [5, 5.41) is 9.25. The highest BCUT2D eigenvalue weighted by Gasteiger charge is 2.28. The summed E-state index contributed by atoms with van der Waals surface area (Å²) < 4.78 is 0. The Labute approximate surface area is 95.9 Å². The first kappa shape index (κ1) is 11.0. The van der Waals surface area contributed by atoms with Crippen LogP contribution in [-0.2, 0) is 0 Å². The number of nitriles is 1. The van der Waals surface area contributed by atoms with Crippen molar-refractivity contribution in [3.8, 4) is 6.07 Å². The SMILES string of the molecule is CN1CCC(C(C#N)c2ncccn2)CC1. The molecule has 1 atom stereocenters. The summed E-state index contributed by atoms with van der Waals surface area (Å²) in [4.78, 5) is 10.7. The molecule has 1 aliphatic rings. The molecule has 0 N–H and O–H groups in total. The van der Waals surface area contributed by atoms with Crippen LogP contribution in [0.5, 0.6) is 0 Å². The highest BCUT2D eigenvalue weighted by molar-refractivity contribution is 5.11. The molecule has 0 bridgehead atoms. The van der Waals surface area contributed by atoms with Crippen LogP contribution in [0.2, 0.25) is 0 Å². The molecule has 0 saturated carbocycles. The van der Waals surface area contributed by atoms with Crippen molar-refractivity contribution in [2.45, 2.75) is 18.8 Å². The Hall–Kier alpha value is -1.47. The van der Waals surface area contributed by atoms with Crippen LogP contribution in [-0.4, -0.2) is 35.0 Å². The van der Waals surface area contributed by atoms with Crippen LogP contribution in [0.1, 0.15) is 24.6 Å². The summed E-state index contributed by atoms with van der Waals surface area (Å²) >= 11 is 0. The van der Waals surface area contributed by atoms with E-state index in [1.165, 1.54) is 0 Å². The third-order valence-electron chi connectivity index (χ3n) is 3.24. The van der Waals surface area contributed by atoms with Crippen molar-refractivity contribution in [1.82, 2.24) is 14.9 Å². The van der Waals surface area contributed by atoms with Gasteiger partial charge >= 0.3 is 0 Å². The first-order valence-electron chi connectivity index (χ1n) is 5.66. The Balaban J connectivity index is 2.09. The fourth-order valence-electron chi connectivity index (χ4n) is 2.21. The molecule has 1 aromatic heterocycles. The number of aromatic nitrogens is 2. The molecule has 0 radical (unpaired) electrons. The molecule has 1 aromatic rings. The van der Waals surface area contributed by atoms with E-state index in [4.69, 9.17) is 0 Å². The summed E-state index contributed by atoms with van der Waals surface area (Å²) in [5.41, 5.74) is 0. The van der Waals surface area contributed by atoms with E-state index in [0.717, 1.165) is 25.9 Å². The molecule has 0 aromatic carbocycles. The van der Waals surface area contributed by atoms with E-state index in [0.29, 0.717) is 11.7 Å². The summed E-state index contributed by atoms with van der Waals surface area (Å²) in [6, 6.07) is 4.14. The van der Waals surface area contributed by atoms with Crippen molar-refractivity contribution in [1.29, 1.82) is 5.26 Å². The number of nitrogens with zero attached hydrogens (tertiary/aromatic N) is 4. The van der Waals surface area contributed by atoms with Crippen LogP contribution in [0.3, 0.4) is 0 Å². The van der Waals surface area contributed by atoms with Gasteiger partial charge in [-0.3, -0.25) is 0 Å². The predicted molar refractivity (Wildman–Crippen MR) is 60.6 cm³/mol. The molecular formula is C12H16N4. The van der Waals surface area contributed by atoms with Gasteiger partial charge < -0.3 is 4.90 Å². The molecule has 1 unspecified atom stereocenters. The van der Waals surface area contributed by atoms with Crippen LogP contribution >= 0.6 is 0 Å². The third kappa shape index (κ3) is 2.37. The van der Waals surface area contributed by atoms with Crippen LogP contribution in [0, 0.1) is 17.2 Å². The standard InChI is InChI=1S/C12H16N4/c1-16-7-3-10(4-8-16)11(9-13)12-14-5-2-6-15-12/h2,5-6,10-11H,3-4,7-8H2,1H3. The van der Waals surface area contributed by atoms with Gasteiger partial charge in [-0.05, 0) is 45.0 Å². The Morgan fingerprint density at radius 3 is 2.56 bits per heavy atom. The van der Waals surface area contributed by atoms with Crippen LogP contribution < -0.4 is 0 Å². The van der Waals surface area contributed by atoms with Gasteiger partial charge in [0.15, 0.2) is 0 Å². The molecule has 2 heterocycles. The lowest BCUT2D eigenvalue weighted by Crippen LogP contribution is -2.32. The molecule has 84 valence electrons. The molecule has 0 aliphatic carbocycles. The molecule has 0 amide bonds. The Bertz CT molecular complexity index is 362. The van der Waals surface area contributed by atoms with E-state index in [9.17, 15) is 5.26 Å². The second-order valence-corrected chi connectivity index (χ2v) is 4.35. The summed E-state index contributed by atoms with van der Waals surface area (Å²) in [6.07, 6.45) is 5.54. The Morgan fingerprint density at radius 2 is 2.00 bits per heavy atom. The van der Waals surface area contributed by atoms with E-state index < -0.39 is 0 Å². The monoisotopic (exact) mass is 216 g/mol. The second-order valence-electron chi connectivity index (χ2n) is 4.35. The van der Waals surface area contributed by atoms with Gasteiger partial charge in [-0.2, -0.15) is 5.26 Å². The maximum Gasteiger partial charge on any atom is 0.145 e. The minimum atomic E-state index is -0.144. The molecule has 16 heavy (non-hydrogen) atoms. The van der Waals surface area contributed by atoms with E-state index in [1.54, 1.807) is 18.5 Å². The molecular weight excluding hydrogens is 200 g/mol. The normalized spacial score (nSPS) is 20.2. The third-order valence-corrected chi connectivity index (χ3v) is 3.24. The highest BCUT2D eigenvalue weighted by atomic mass is 15.1. The Morgan fingerprint density at radius 1 is 1.38 bits per heavy atom. The van der Waals surface area contributed by atoms with Gasteiger partial charge in [0.05, 0.1) is 6.07 Å². The van der Waals surface area contributed by atoms with Gasteiger partial charge in [-0.25, -0.2) is 9.97 Å². The average molecular weight is 216 g/mol. The number of piperidine rings is 1. The van der Waals surface area contributed by atoms with Crippen LogP contribution in [0.15, 0.2) is 18.5 Å². The zero-order valence-electron chi connectivity index (χ0n) is 9.50. The number of hydrogen-bond acceptors (Lipinski definition) is 4. The van der Waals surface area contributed by atoms with Gasteiger partial charge in [0.1, 0.15) is 11.7 Å². The number of rotatable bonds is 2. The smallest absolute Gasteiger partial charge is 0.145 e. The summed E-state index contributed by atoms with van der Waals surface area (Å²) in [7, 11) is 2.12. The minimum Gasteiger partial charge on any atom is -0.306 e. The van der Waals surface area contributed by atoms with Gasteiger partial charge in [-0.1, -0.05) is 0 Å². The van der Waals surface area contributed by atoms with Gasteiger partial charge in [-0.15, -0.1) is 0 Å². The fraction of sp³-hybridized carbons (Fsp3) is 0.583. The van der Waals surface area contributed by atoms with Gasteiger partial charge in [0, 0.05) is 12.4 Å². The molecule has 4 heteroatoms. The molecule has 0 spiro atoms. The summed E-state index contributed by atoms with van der Waals surface area (Å²) in [6.45, 7) is 2.13. The van der Waals surface area contributed by atoms with E-state index in [1.807, 2.05) is 0 Å². The lowest BCUT2D eigenvalue weighted by atomic mass is 9.84. The largest absolute Gasteiger partial charge is 0.306 e. The quantitative estimate of drug-likeness (QED) is 0.750. The van der Waals surface area contributed by atoms with Crippen molar-refractivity contribution in [2.24, 2.45) is 5.92 Å². The molecule has 1 fully saturated rings. The molecule has 2 rings (SSSR count). The topological polar surface area (TPSA) is 52.8 Å². The lowest BCUT2D eigenvalue weighted by Gasteiger charge is -2.30. The zero-order chi connectivity index (χ0) is 11.4. The fourth-order valence-corrected chi connectivity index (χ4v) is 2.21. The van der Waals surface area contributed by atoms with Crippen molar-refractivity contribution >= 4 is 0 Å². The first-order valence-corrected chi connectivity index (χ1v) is 5.66. The molecule has 1 saturated heterocycles. The highest BCUT2D eigenvalue weighted by Crippen LogP contribution is 2.29. The molecule has 4 nitrogen and oxygen atoms in total. The van der Waals surface area contributed by atoms with Crippen molar-refractivity contribution in [2.75, 3.05) is 20.1 Å².